The average Bonchev–Trinajstić information content (AvgIpc) is 2.15. The van der Waals surface area contributed by atoms with Crippen molar-refractivity contribution >= 4 is 34.8 Å². The molecule has 0 fully saturated rings. The lowest BCUT2D eigenvalue weighted by atomic mass is 9.82. The first-order chi connectivity index (χ1) is 7.74. The van der Waals surface area contributed by atoms with Gasteiger partial charge in [-0.1, -0.05) is 60.8 Å². The lowest BCUT2D eigenvalue weighted by Gasteiger charge is -2.29. The van der Waals surface area contributed by atoms with Crippen molar-refractivity contribution in [2.75, 3.05) is 6.61 Å². The van der Waals surface area contributed by atoms with Gasteiger partial charge < -0.3 is 4.74 Å². The molecule has 0 aromatic heterocycles. The van der Waals surface area contributed by atoms with Crippen molar-refractivity contribution in [3.63, 3.8) is 0 Å². The minimum absolute atomic E-state index is 0.185. The zero-order chi connectivity index (χ0) is 13.1. The van der Waals surface area contributed by atoms with E-state index in [1.165, 1.54) is 0 Å². The highest BCUT2D eigenvalue weighted by molar-refractivity contribution is 6.67. The molecule has 0 aliphatic rings. The molecule has 0 bridgehead atoms. The van der Waals surface area contributed by atoms with E-state index in [2.05, 4.69) is 13.8 Å². The second-order valence-corrected chi connectivity index (χ2v) is 7.15. The first-order valence-corrected chi connectivity index (χ1v) is 6.68. The summed E-state index contributed by atoms with van der Waals surface area (Å²) in [6, 6.07) is 7.92. The van der Waals surface area contributed by atoms with E-state index in [-0.39, 0.29) is 5.41 Å². The summed E-state index contributed by atoms with van der Waals surface area (Å²) in [6.07, 6.45) is 0.471. The van der Waals surface area contributed by atoms with Gasteiger partial charge in [0.25, 0.3) is 0 Å². The summed E-state index contributed by atoms with van der Waals surface area (Å²) in [6.45, 7) is 6.74. The van der Waals surface area contributed by atoms with E-state index in [4.69, 9.17) is 39.5 Å². The fraction of sp³-hybridized carbons (Fsp3) is 0.538. The van der Waals surface area contributed by atoms with Crippen LogP contribution < -0.4 is 4.74 Å². The van der Waals surface area contributed by atoms with Gasteiger partial charge in [0, 0.05) is 6.42 Å². The highest BCUT2D eigenvalue weighted by Gasteiger charge is 2.32. The van der Waals surface area contributed by atoms with Crippen LogP contribution in [0.4, 0.5) is 0 Å². The van der Waals surface area contributed by atoms with E-state index >= 15 is 0 Å². The molecule has 0 spiro atoms. The Bertz CT molecular complexity index is 352. The molecule has 4 heteroatoms. The van der Waals surface area contributed by atoms with Gasteiger partial charge in [-0.05, 0) is 30.0 Å². The van der Waals surface area contributed by atoms with Crippen LogP contribution in [0, 0.1) is 0 Å². The molecule has 0 saturated carbocycles. The lowest BCUT2D eigenvalue weighted by molar-refractivity contribution is 0.340. The predicted octanol–water partition coefficient (Wildman–Crippen LogP) is 5.12. The number of halogens is 3. The Morgan fingerprint density at radius 3 is 2.00 bits per heavy atom. The Morgan fingerprint density at radius 1 is 1.06 bits per heavy atom. The van der Waals surface area contributed by atoms with Crippen LogP contribution in [0.25, 0.3) is 0 Å². The number of benzene rings is 1. The largest absolute Gasteiger partial charge is 0.494 e. The van der Waals surface area contributed by atoms with Gasteiger partial charge in [0.05, 0.1) is 6.61 Å². The normalized spacial score (nSPS) is 12.6. The molecule has 0 atom stereocenters. The zero-order valence-corrected chi connectivity index (χ0v) is 12.5. The first-order valence-electron chi connectivity index (χ1n) is 5.55. The minimum Gasteiger partial charge on any atom is -0.494 e. The van der Waals surface area contributed by atoms with E-state index in [1.54, 1.807) is 0 Å². The summed E-state index contributed by atoms with van der Waals surface area (Å²) in [7, 11) is 0. The summed E-state index contributed by atoms with van der Waals surface area (Å²) in [5.74, 6) is 0.862. The Labute approximate surface area is 118 Å². The fourth-order valence-corrected chi connectivity index (χ4v) is 2.77. The van der Waals surface area contributed by atoms with Crippen molar-refractivity contribution < 1.29 is 4.74 Å². The van der Waals surface area contributed by atoms with Gasteiger partial charge in [-0.3, -0.25) is 0 Å². The fourth-order valence-electron chi connectivity index (χ4n) is 1.77. The third-order valence-electron chi connectivity index (χ3n) is 2.59. The highest BCUT2D eigenvalue weighted by atomic mass is 35.6. The molecular formula is C13H17Cl3O. The molecule has 0 radical (unpaired) electrons. The van der Waals surface area contributed by atoms with Crippen molar-refractivity contribution in [1.29, 1.82) is 0 Å². The number of alkyl halides is 3. The van der Waals surface area contributed by atoms with E-state index < -0.39 is 3.79 Å². The Hall–Kier alpha value is -0.110. The number of ether oxygens (including phenoxy) is 1. The number of hydrogen-bond donors (Lipinski definition) is 0. The second kappa shape index (κ2) is 5.69. The van der Waals surface area contributed by atoms with E-state index in [0.717, 1.165) is 11.3 Å². The molecule has 0 aliphatic heterocycles. The monoisotopic (exact) mass is 294 g/mol. The molecule has 0 unspecified atom stereocenters. The first kappa shape index (κ1) is 14.9. The Balaban J connectivity index is 2.84. The van der Waals surface area contributed by atoms with Gasteiger partial charge >= 0.3 is 0 Å². The SMILES string of the molecule is CCOc1ccc(C(C)(C)CC(Cl)(Cl)Cl)cc1. The van der Waals surface area contributed by atoms with E-state index in [1.807, 2.05) is 31.2 Å². The summed E-state index contributed by atoms with van der Waals surface area (Å²) < 4.78 is 4.16. The van der Waals surface area contributed by atoms with Crippen molar-refractivity contribution in [3.05, 3.63) is 29.8 Å². The lowest BCUT2D eigenvalue weighted by Crippen LogP contribution is -2.24. The van der Waals surface area contributed by atoms with Crippen LogP contribution in [0.15, 0.2) is 24.3 Å². The van der Waals surface area contributed by atoms with Crippen LogP contribution >= 0.6 is 34.8 Å². The van der Waals surface area contributed by atoms with Crippen molar-refractivity contribution in [2.24, 2.45) is 0 Å². The van der Waals surface area contributed by atoms with Crippen molar-refractivity contribution in [3.8, 4) is 5.75 Å². The van der Waals surface area contributed by atoms with Gasteiger partial charge in [-0.15, -0.1) is 0 Å². The molecule has 1 nitrogen and oxygen atoms in total. The Morgan fingerprint density at radius 2 is 1.59 bits per heavy atom. The van der Waals surface area contributed by atoms with Crippen molar-refractivity contribution in [1.82, 2.24) is 0 Å². The van der Waals surface area contributed by atoms with E-state index in [0.29, 0.717) is 13.0 Å². The number of rotatable bonds is 4. The topological polar surface area (TPSA) is 9.23 Å². The minimum atomic E-state index is -1.23. The standard InChI is InChI=1S/C13H17Cl3O/c1-4-17-11-7-5-10(6-8-11)12(2,3)9-13(14,15)16/h5-8H,4,9H2,1-3H3. The summed E-state index contributed by atoms with van der Waals surface area (Å²) in [4.78, 5) is 0. The van der Waals surface area contributed by atoms with Gasteiger partial charge in [0.15, 0.2) is 3.79 Å². The molecule has 0 N–H and O–H groups in total. The van der Waals surface area contributed by atoms with Gasteiger partial charge in [0.1, 0.15) is 5.75 Å². The maximum atomic E-state index is 5.85. The molecule has 0 heterocycles. The molecular weight excluding hydrogens is 279 g/mol. The zero-order valence-electron chi connectivity index (χ0n) is 10.3. The smallest absolute Gasteiger partial charge is 0.191 e. The molecule has 1 rings (SSSR count). The summed E-state index contributed by atoms with van der Waals surface area (Å²) in [5, 5.41) is 0. The van der Waals surface area contributed by atoms with Crippen LogP contribution in [0.2, 0.25) is 0 Å². The quantitative estimate of drug-likeness (QED) is 0.700. The molecule has 1 aromatic rings. The second-order valence-electron chi connectivity index (χ2n) is 4.63. The van der Waals surface area contributed by atoms with Crippen LogP contribution in [0.1, 0.15) is 32.8 Å². The molecule has 0 saturated heterocycles. The molecule has 0 aliphatic carbocycles. The maximum Gasteiger partial charge on any atom is 0.191 e. The van der Waals surface area contributed by atoms with Gasteiger partial charge in [-0.2, -0.15) is 0 Å². The van der Waals surface area contributed by atoms with Crippen molar-refractivity contribution in [2.45, 2.75) is 36.4 Å². The van der Waals surface area contributed by atoms with Crippen LogP contribution in [0.5, 0.6) is 5.75 Å². The van der Waals surface area contributed by atoms with Crippen LogP contribution in [-0.2, 0) is 5.41 Å². The number of hydrogen-bond acceptors (Lipinski definition) is 1. The molecule has 0 amide bonds. The molecule has 96 valence electrons. The third kappa shape index (κ3) is 4.95. The summed E-state index contributed by atoms with van der Waals surface area (Å²) >= 11 is 17.6. The highest BCUT2D eigenvalue weighted by Crippen LogP contribution is 2.41. The maximum absolute atomic E-state index is 5.85. The predicted molar refractivity (Wildman–Crippen MR) is 75.5 cm³/mol. The summed E-state index contributed by atoms with van der Waals surface area (Å²) in [5.41, 5.74) is 0.947. The van der Waals surface area contributed by atoms with Gasteiger partial charge in [0.2, 0.25) is 0 Å². The van der Waals surface area contributed by atoms with Crippen LogP contribution in [-0.4, -0.2) is 10.4 Å². The molecule has 1 aromatic carbocycles. The Kier molecular flexibility index (Phi) is 5.00. The van der Waals surface area contributed by atoms with E-state index in [9.17, 15) is 0 Å². The average molecular weight is 296 g/mol. The molecule has 17 heavy (non-hydrogen) atoms. The van der Waals surface area contributed by atoms with Gasteiger partial charge in [-0.25, -0.2) is 0 Å². The third-order valence-corrected chi connectivity index (χ3v) is 2.99. The van der Waals surface area contributed by atoms with Crippen LogP contribution in [0.3, 0.4) is 0 Å².